The van der Waals surface area contributed by atoms with E-state index in [1.807, 2.05) is 19.1 Å². The third-order valence-electron chi connectivity index (χ3n) is 11.3. The van der Waals surface area contributed by atoms with Gasteiger partial charge in [0.25, 0.3) is 0 Å². The summed E-state index contributed by atoms with van der Waals surface area (Å²) in [5.74, 6) is -0.849. The number of hydrogen-bond donors (Lipinski definition) is 0. The van der Waals surface area contributed by atoms with Gasteiger partial charge < -0.3 is 19.1 Å². The average molecular weight is 928 g/mol. The number of rotatable bonds is 12. The van der Waals surface area contributed by atoms with E-state index in [1.54, 1.807) is 6.07 Å². The van der Waals surface area contributed by atoms with Crippen LogP contribution in [0.25, 0.3) is 44.7 Å². The number of unbranched alkanes of at least 4 members (excludes halogenated alkanes) is 3. The van der Waals surface area contributed by atoms with Gasteiger partial charge in [0.1, 0.15) is 11.3 Å². The zero-order valence-corrected chi connectivity index (χ0v) is 39.3. The number of halogens is 6. The number of hydrogen-bond acceptors (Lipinski definition) is 1. The van der Waals surface area contributed by atoms with E-state index in [0.29, 0.717) is 5.39 Å². The fraction of sp³-hybridized carbons (Fsp3) is 0.288. The summed E-state index contributed by atoms with van der Waals surface area (Å²) in [6, 6.07) is 37.1. The van der Waals surface area contributed by atoms with Gasteiger partial charge in [-0.15, -0.1) is 39.1 Å². The summed E-state index contributed by atoms with van der Waals surface area (Å²) in [7, 11) is -0.0174. The number of aryl methyl sites for hydroxylation is 1. The van der Waals surface area contributed by atoms with Crippen molar-refractivity contribution in [1.29, 1.82) is 0 Å². The first kappa shape index (κ1) is 49.6. The summed E-state index contributed by atoms with van der Waals surface area (Å²) in [5, 5.41) is 2.50. The molecule has 2 radical (unpaired) electrons. The van der Waals surface area contributed by atoms with E-state index < -0.39 is 43.6 Å². The maximum atomic E-state index is 14.0. The molecule has 7 rings (SSSR count). The van der Waals surface area contributed by atoms with Crippen LogP contribution in [0.2, 0.25) is 13.1 Å². The molecule has 318 valence electrons. The molecule has 1 aliphatic rings. The van der Waals surface area contributed by atoms with E-state index in [0.717, 1.165) is 54.6 Å². The van der Waals surface area contributed by atoms with Gasteiger partial charge in [-0.3, -0.25) is 0 Å². The molecular formula is C52H54F6OSiZr. The Labute approximate surface area is 379 Å². The van der Waals surface area contributed by atoms with Crippen LogP contribution in [0.5, 0.6) is 5.75 Å². The van der Waals surface area contributed by atoms with Crippen LogP contribution in [0.15, 0.2) is 115 Å². The number of benzene rings is 5. The molecule has 1 aliphatic carbocycles. The Morgan fingerprint density at radius 2 is 1.30 bits per heavy atom. The Morgan fingerprint density at radius 3 is 1.92 bits per heavy atom. The van der Waals surface area contributed by atoms with Gasteiger partial charge in [0, 0.05) is 8.80 Å². The maximum absolute atomic E-state index is 14.0. The molecule has 0 saturated carbocycles. The largest absolute Gasteiger partial charge is 3.00 e. The van der Waals surface area contributed by atoms with Crippen molar-refractivity contribution < 1.29 is 57.3 Å². The molecule has 0 aliphatic heterocycles. The fourth-order valence-corrected chi connectivity index (χ4v) is 10.3. The molecule has 0 spiro atoms. The summed E-state index contributed by atoms with van der Waals surface area (Å²) in [4.78, 5) is 0. The van der Waals surface area contributed by atoms with Crippen molar-refractivity contribution in [2.75, 3.05) is 7.11 Å². The first-order chi connectivity index (χ1) is 28.1. The van der Waals surface area contributed by atoms with Crippen molar-refractivity contribution in [1.82, 2.24) is 0 Å². The summed E-state index contributed by atoms with van der Waals surface area (Å²) in [6.07, 6.45) is -0.276. The SMILES string of the molecule is CCCc1cc2c(-c3ccc(OC)c(C(F)(F)F)c3C(F)(F)F)cccc2[c-]1[Si](C)C.[CH2-]C1(CCCCCC)C(c2ccccc2-c2ccccc2)=Cc2ccccc21.[CH3-].[Zr+3]. The van der Waals surface area contributed by atoms with E-state index in [1.165, 1.54) is 65.1 Å². The molecule has 0 aromatic heterocycles. The molecule has 0 fully saturated rings. The Balaban J connectivity index is 0.000000261. The van der Waals surface area contributed by atoms with Gasteiger partial charge in [-0.1, -0.05) is 179 Å². The van der Waals surface area contributed by atoms with Gasteiger partial charge in [-0.25, -0.2) is 0 Å². The van der Waals surface area contributed by atoms with Crippen molar-refractivity contribution in [2.24, 2.45) is 0 Å². The Morgan fingerprint density at radius 1 is 0.672 bits per heavy atom. The standard InChI is InChI=1S/C28H29.C23H22F6OSi.CH3.Zr/c1-3-4-5-13-20-28(2)26-19-12-9-16-23(26)21-27(28)25-18-11-10-17-24(25)22-14-7-6-8-15-22;1-5-7-13-12-17-14(8-6-9-16(17)21(13)31(3)4)15-10-11-18(30-2)20(23(27,28)29)19(15)22(24,25)26;;/h6-12,14-19,21H,2-5,13,20H2,1H3;6,8-12H,5,7H2,1-4H3;1H3;/q3*-1;+3. The Bertz CT molecular complexity index is 2410. The second-order valence-corrected chi connectivity index (χ2v) is 18.1. The van der Waals surface area contributed by atoms with E-state index in [9.17, 15) is 26.3 Å². The topological polar surface area (TPSA) is 9.23 Å². The molecule has 1 unspecified atom stereocenters. The van der Waals surface area contributed by atoms with Crippen LogP contribution in [0.3, 0.4) is 0 Å². The van der Waals surface area contributed by atoms with E-state index in [4.69, 9.17) is 6.92 Å². The minimum Gasteiger partial charge on any atom is -0.496 e. The van der Waals surface area contributed by atoms with E-state index in [2.05, 4.69) is 110 Å². The van der Waals surface area contributed by atoms with Crippen LogP contribution >= 0.6 is 0 Å². The number of methoxy groups -OCH3 is 1. The molecule has 9 heteroatoms. The van der Waals surface area contributed by atoms with Crippen molar-refractivity contribution in [3.05, 3.63) is 163 Å². The summed E-state index contributed by atoms with van der Waals surface area (Å²) < 4.78 is 87.9. The number of ether oxygens (including phenoxy) is 1. The third kappa shape index (κ3) is 10.4. The average Bonchev–Trinajstić information content (AvgIpc) is 3.74. The minimum absolute atomic E-state index is 0. The molecule has 0 amide bonds. The molecule has 1 nitrogen and oxygen atoms in total. The van der Waals surface area contributed by atoms with Crippen molar-refractivity contribution in [3.8, 4) is 28.0 Å². The number of fused-ring (bicyclic) bond motifs is 2. The molecule has 0 heterocycles. The van der Waals surface area contributed by atoms with Crippen LogP contribution in [0.1, 0.15) is 85.8 Å². The number of alkyl halides is 6. The zero-order valence-electron chi connectivity index (χ0n) is 35.9. The van der Waals surface area contributed by atoms with Crippen LogP contribution < -0.4 is 9.92 Å². The van der Waals surface area contributed by atoms with Crippen molar-refractivity contribution in [2.45, 2.75) is 89.7 Å². The second kappa shape index (κ2) is 20.9. The third-order valence-corrected chi connectivity index (χ3v) is 12.9. The quantitative estimate of drug-likeness (QED) is 0.0514. The minimum atomic E-state index is -5.23. The van der Waals surface area contributed by atoms with Crippen molar-refractivity contribution in [3.63, 3.8) is 0 Å². The summed E-state index contributed by atoms with van der Waals surface area (Å²) in [5.41, 5.74) is 4.97. The molecule has 61 heavy (non-hydrogen) atoms. The predicted octanol–water partition coefficient (Wildman–Crippen LogP) is 15.6. The fourth-order valence-electron chi connectivity index (χ4n) is 8.75. The normalized spacial score (nSPS) is 14.7. The van der Waals surface area contributed by atoms with Gasteiger partial charge in [-0.2, -0.15) is 32.4 Å². The maximum Gasteiger partial charge on any atom is 3.00 e. The van der Waals surface area contributed by atoms with Gasteiger partial charge in [0.05, 0.1) is 12.7 Å². The number of allylic oxidation sites excluding steroid dienone is 1. The summed E-state index contributed by atoms with van der Waals surface area (Å²) >= 11 is 0. The van der Waals surface area contributed by atoms with Crippen molar-refractivity contribution >= 4 is 36.4 Å². The first-order valence-corrected chi connectivity index (χ1v) is 22.8. The van der Waals surface area contributed by atoms with Crippen LogP contribution in [-0.2, 0) is 50.4 Å². The first-order valence-electron chi connectivity index (χ1n) is 20.3. The molecule has 0 bridgehead atoms. The van der Waals surface area contributed by atoms with Crippen LogP contribution in [-0.4, -0.2) is 15.9 Å². The Hall–Kier alpha value is -4.07. The van der Waals surface area contributed by atoms with Crippen LogP contribution in [0, 0.1) is 14.4 Å². The van der Waals surface area contributed by atoms with Crippen LogP contribution in [0.4, 0.5) is 26.3 Å². The monoisotopic (exact) mass is 926 g/mol. The molecule has 1 atom stereocenters. The summed E-state index contributed by atoms with van der Waals surface area (Å²) in [6.45, 7) is 13.3. The Kier molecular flexibility index (Phi) is 17.0. The van der Waals surface area contributed by atoms with Gasteiger partial charge in [0.15, 0.2) is 0 Å². The molecular weight excluding hydrogens is 874 g/mol. The predicted molar refractivity (Wildman–Crippen MR) is 241 cm³/mol. The van der Waals surface area contributed by atoms with Gasteiger partial charge in [0.2, 0.25) is 0 Å². The molecule has 6 aromatic carbocycles. The van der Waals surface area contributed by atoms with Gasteiger partial charge in [-0.05, 0) is 40.3 Å². The van der Waals surface area contributed by atoms with Gasteiger partial charge >= 0.3 is 38.6 Å². The van der Waals surface area contributed by atoms with E-state index >= 15 is 0 Å². The smallest absolute Gasteiger partial charge is 0.496 e. The second-order valence-electron chi connectivity index (χ2n) is 15.6. The van der Waals surface area contributed by atoms with E-state index in [-0.39, 0.29) is 44.6 Å². The molecule has 6 aromatic rings. The molecule has 0 N–H and O–H groups in total. The zero-order chi connectivity index (χ0) is 42.5. The molecule has 0 saturated heterocycles.